The molecule has 0 radical (unpaired) electrons. The molecule has 2 N–H and O–H groups in total. The summed E-state index contributed by atoms with van der Waals surface area (Å²) in [6.07, 6.45) is 7.42. The highest BCUT2D eigenvalue weighted by Gasteiger charge is 2.35. The number of carboxylic acids is 1. The highest BCUT2D eigenvalue weighted by atomic mass is 16.4. The van der Waals surface area contributed by atoms with Crippen molar-refractivity contribution < 1.29 is 9.90 Å². The van der Waals surface area contributed by atoms with Crippen molar-refractivity contribution in [1.29, 1.82) is 0 Å². The van der Waals surface area contributed by atoms with Gasteiger partial charge >= 0.3 is 5.97 Å². The number of fused-ring (bicyclic) bond motifs is 1. The number of aliphatic carboxylic acids is 1. The zero-order valence-corrected chi connectivity index (χ0v) is 13.3. The lowest BCUT2D eigenvalue weighted by molar-refractivity contribution is -0.144. The maximum atomic E-state index is 11.7. The van der Waals surface area contributed by atoms with Crippen LogP contribution in [0.4, 0.5) is 0 Å². The molecule has 0 saturated carbocycles. The second kappa shape index (κ2) is 6.40. The summed E-state index contributed by atoms with van der Waals surface area (Å²) in [6.45, 7) is 1.08. The summed E-state index contributed by atoms with van der Waals surface area (Å²) in [4.78, 5) is 33.7. The molecule has 0 aliphatic carbocycles. The Hall–Kier alpha value is -3.13. The lowest BCUT2D eigenvalue weighted by atomic mass is 10.0. The van der Waals surface area contributed by atoms with E-state index in [9.17, 15) is 9.90 Å². The van der Waals surface area contributed by atoms with Gasteiger partial charge < -0.3 is 10.1 Å². The number of rotatable bonds is 4. The molecule has 0 saturated heterocycles. The Bertz CT molecular complexity index is 878. The van der Waals surface area contributed by atoms with Crippen LogP contribution in [0.25, 0.3) is 11.5 Å². The van der Waals surface area contributed by atoms with Crippen LogP contribution < -0.4 is 0 Å². The number of nitrogens with zero attached hydrogens (tertiary/aromatic N) is 5. The summed E-state index contributed by atoms with van der Waals surface area (Å²) in [6, 6.07) is 4.81. The molecule has 1 atom stereocenters. The van der Waals surface area contributed by atoms with Crippen LogP contribution in [0.5, 0.6) is 0 Å². The molecule has 4 rings (SSSR count). The van der Waals surface area contributed by atoms with E-state index < -0.39 is 12.0 Å². The molecule has 0 bridgehead atoms. The largest absolute Gasteiger partial charge is 0.480 e. The fourth-order valence-electron chi connectivity index (χ4n) is 3.07. The third kappa shape index (κ3) is 2.99. The topological polar surface area (TPSA) is 108 Å². The first-order valence-corrected chi connectivity index (χ1v) is 7.93. The highest BCUT2D eigenvalue weighted by Crippen LogP contribution is 2.28. The number of hydrogen-bond acceptors (Lipinski definition) is 6. The first-order valence-electron chi connectivity index (χ1n) is 7.93. The first-order chi connectivity index (χ1) is 12.2. The van der Waals surface area contributed by atoms with Gasteiger partial charge in [0.2, 0.25) is 0 Å². The summed E-state index contributed by atoms with van der Waals surface area (Å²) in [5, 5.41) is 9.61. The van der Waals surface area contributed by atoms with E-state index in [0.717, 1.165) is 17.7 Å². The Morgan fingerprint density at radius 3 is 2.80 bits per heavy atom. The number of aromatic amines is 1. The van der Waals surface area contributed by atoms with Gasteiger partial charge in [0.1, 0.15) is 5.69 Å². The van der Waals surface area contributed by atoms with Gasteiger partial charge in [-0.2, -0.15) is 0 Å². The molecular weight excluding hydrogens is 320 g/mol. The predicted octanol–water partition coefficient (Wildman–Crippen LogP) is 1.45. The maximum absolute atomic E-state index is 11.7. The Labute approximate surface area is 143 Å². The van der Waals surface area contributed by atoms with Gasteiger partial charge in [-0.05, 0) is 12.1 Å². The minimum atomic E-state index is -0.904. The van der Waals surface area contributed by atoms with E-state index in [2.05, 4.69) is 24.9 Å². The van der Waals surface area contributed by atoms with Crippen molar-refractivity contribution in [3.05, 3.63) is 60.1 Å². The first kappa shape index (κ1) is 15.4. The number of carbonyl (C=O) groups is 1. The summed E-state index contributed by atoms with van der Waals surface area (Å²) in [5.41, 5.74) is 3.04. The van der Waals surface area contributed by atoms with Crippen molar-refractivity contribution in [2.75, 3.05) is 6.54 Å². The van der Waals surface area contributed by atoms with Gasteiger partial charge in [-0.15, -0.1) is 0 Å². The van der Waals surface area contributed by atoms with Crippen LogP contribution in [0.3, 0.4) is 0 Å². The van der Waals surface area contributed by atoms with Crippen LogP contribution in [0, 0.1) is 0 Å². The van der Waals surface area contributed by atoms with Crippen molar-refractivity contribution in [3.63, 3.8) is 0 Å². The summed E-state index contributed by atoms with van der Waals surface area (Å²) in [7, 11) is 0. The quantitative estimate of drug-likeness (QED) is 0.742. The van der Waals surface area contributed by atoms with E-state index in [0.29, 0.717) is 30.3 Å². The molecule has 4 heterocycles. The van der Waals surface area contributed by atoms with E-state index >= 15 is 0 Å². The van der Waals surface area contributed by atoms with Crippen LogP contribution in [0.1, 0.15) is 23.0 Å². The molecular formula is C17H16N6O2. The van der Waals surface area contributed by atoms with Crippen molar-refractivity contribution >= 4 is 5.97 Å². The smallest absolute Gasteiger partial charge is 0.327 e. The number of nitrogens with one attached hydrogen (secondary N) is 1. The van der Waals surface area contributed by atoms with Crippen molar-refractivity contribution in [2.24, 2.45) is 0 Å². The Morgan fingerprint density at radius 1 is 1.24 bits per heavy atom. The Kier molecular flexibility index (Phi) is 3.95. The summed E-state index contributed by atoms with van der Waals surface area (Å²) in [5.74, 6) is -0.355. The molecule has 0 aromatic carbocycles. The monoisotopic (exact) mass is 336 g/mol. The Balaban J connectivity index is 1.55. The van der Waals surface area contributed by atoms with Crippen molar-refractivity contribution in [3.8, 4) is 11.5 Å². The summed E-state index contributed by atoms with van der Waals surface area (Å²) < 4.78 is 0. The van der Waals surface area contributed by atoms with E-state index in [1.807, 2.05) is 23.1 Å². The molecule has 1 unspecified atom stereocenters. The van der Waals surface area contributed by atoms with E-state index in [4.69, 9.17) is 0 Å². The van der Waals surface area contributed by atoms with E-state index in [1.165, 1.54) is 0 Å². The number of hydrogen-bond donors (Lipinski definition) is 2. The minimum Gasteiger partial charge on any atom is -0.480 e. The van der Waals surface area contributed by atoms with Gasteiger partial charge in [0.05, 0.1) is 12.0 Å². The normalized spacial score (nSPS) is 17.2. The Morgan fingerprint density at radius 2 is 2.08 bits per heavy atom. The second-order valence-electron chi connectivity index (χ2n) is 5.86. The van der Waals surface area contributed by atoms with E-state index in [1.54, 1.807) is 24.9 Å². The highest BCUT2D eigenvalue weighted by molar-refractivity contribution is 5.75. The fourth-order valence-corrected chi connectivity index (χ4v) is 3.07. The van der Waals surface area contributed by atoms with Gasteiger partial charge in [-0.1, -0.05) is 6.07 Å². The van der Waals surface area contributed by atoms with Crippen LogP contribution in [0.15, 0.2) is 43.1 Å². The molecule has 8 nitrogen and oxygen atoms in total. The second-order valence-corrected chi connectivity index (χ2v) is 5.86. The average Bonchev–Trinajstić information content (AvgIpc) is 3.11. The molecule has 0 fully saturated rings. The zero-order chi connectivity index (χ0) is 17.2. The fraction of sp³-hybridized carbons (Fsp3) is 0.235. The van der Waals surface area contributed by atoms with Crippen LogP contribution in [-0.2, 0) is 17.8 Å². The third-order valence-corrected chi connectivity index (χ3v) is 4.24. The predicted molar refractivity (Wildman–Crippen MR) is 88.3 cm³/mol. The molecule has 25 heavy (non-hydrogen) atoms. The molecule has 126 valence electrons. The van der Waals surface area contributed by atoms with Gasteiger partial charge in [0.15, 0.2) is 11.9 Å². The molecule has 1 aliphatic rings. The SMILES string of the molecule is O=C(O)C1c2nc[nH]c2CCN1Cc1cnc(-c2ccccn2)nc1. The van der Waals surface area contributed by atoms with Crippen LogP contribution in [0.2, 0.25) is 0 Å². The molecule has 0 spiro atoms. The third-order valence-electron chi connectivity index (χ3n) is 4.24. The number of carboxylic acid groups (broad SMARTS) is 1. The van der Waals surface area contributed by atoms with Gasteiger partial charge in [-0.3, -0.25) is 14.7 Å². The molecule has 3 aromatic heterocycles. The average molecular weight is 336 g/mol. The number of imidazole rings is 1. The molecule has 1 aliphatic heterocycles. The lowest BCUT2D eigenvalue weighted by Crippen LogP contribution is -2.39. The molecule has 0 amide bonds. The standard InChI is InChI=1S/C17H16N6O2/c24-17(25)15-14-12(21-10-22-14)4-6-23(15)9-11-7-19-16(20-8-11)13-3-1-2-5-18-13/h1-3,5,7-8,10,15H,4,6,9H2,(H,21,22)(H,24,25). The van der Waals surface area contributed by atoms with Gasteiger partial charge in [0.25, 0.3) is 0 Å². The van der Waals surface area contributed by atoms with Crippen LogP contribution in [-0.4, -0.2) is 47.4 Å². The molecule has 8 heteroatoms. The number of H-pyrrole nitrogens is 1. The number of aromatic nitrogens is 5. The van der Waals surface area contributed by atoms with Gasteiger partial charge in [-0.25, -0.2) is 15.0 Å². The molecule has 3 aromatic rings. The van der Waals surface area contributed by atoms with Crippen molar-refractivity contribution in [2.45, 2.75) is 19.0 Å². The minimum absolute atomic E-state index is 0.450. The lowest BCUT2D eigenvalue weighted by Gasteiger charge is -2.31. The zero-order valence-electron chi connectivity index (χ0n) is 13.3. The summed E-state index contributed by atoms with van der Waals surface area (Å²) >= 11 is 0. The van der Waals surface area contributed by atoms with Crippen LogP contribution >= 0.6 is 0 Å². The van der Waals surface area contributed by atoms with Gasteiger partial charge in [0, 0.05) is 49.4 Å². The number of pyridine rings is 1. The maximum Gasteiger partial charge on any atom is 0.327 e. The van der Waals surface area contributed by atoms with E-state index in [-0.39, 0.29) is 0 Å². The van der Waals surface area contributed by atoms with Crippen molar-refractivity contribution in [1.82, 2.24) is 29.8 Å².